The van der Waals surface area contributed by atoms with Crippen molar-refractivity contribution < 1.29 is 39.5 Å². The average Bonchev–Trinajstić information content (AvgIpc) is 3.02. The van der Waals surface area contributed by atoms with Crippen LogP contribution in [0.2, 0.25) is 0 Å². The van der Waals surface area contributed by atoms with Gasteiger partial charge in [-0.2, -0.15) is 13.2 Å². The summed E-state index contributed by atoms with van der Waals surface area (Å²) in [7, 11) is -9.07. The Balaban J connectivity index is 1.63. The first-order valence-corrected chi connectivity index (χ1v) is 18.0. The molecule has 4 rings (SSSR count). The number of thioether (sulfide) groups is 1. The van der Waals surface area contributed by atoms with Crippen LogP contribution in [0.3, 0.4) is 0 Å². The van der Waals surface area contributed by atoms with Gasteiger partial charge in [-0.3, -0.25) is 4.79 Å². The molecule has 0 spiro atoms. The van der Waals surface area contributed by atoms with E-state index < -0.39 is 52.8 Å². The molecule has 0 saturated carbocycles. The Kier molecular flexibility index (Phi) is 11.6. The summed E-state index contributed by atoms with van der Waals surface area (Å²) in [5.74, 6) is -0.636. The standard InChI is InChI=1S/C30H34F3N3O6S3/c1-42-24-15-18-36(19-16-24)17-14-23(21-43-25-10-6-3-7-11-25)34-27-13-12-26(20-28(27)44(38,39)30(31,32)33)45(40,41)35-29(37)22-8-4-2-5-9-22/h2-13,20,23-24,34H,14-19,21H2,1H3,(H,35,37). The lowest BCUT2D eigenvalue weighted by Crippen LogP contribution is -2.39. The van der Waals surface area contributed by atoms with Crippen molar-refractivity contribution in [1.82, 2.24) is 9.62 Å². The first-order valence-electron chi connectivity index (χ1n) is 14.1. The lowest BCUT2D eigenvalue weighted by atomic mass is 10.1. The quantitative estimate of drug-likeness (QED) is 0.235. The van der Waals surface area contributed by atoms with Crippen LogP contribution in [0.1, 0.15) is 29.6 Å². The van der Waals surface area contributed by atoms with Crippen LogP contribution in [0.15, 0.2) is 93.5 Å². The Hall–Kier alpha value is -3.11. The third-order valence-electron chi connectivity index (χ3n) is 7.34. The number of nitrogens with one attached hydrogen (secondary N) is 2. The highest BCUT2D eigenvalue weighted by Crippen LogP contribution is 2.36. The minimum absolute atomic E-state index is 0.00676. The summed E-state index contributed by atoms with van der Waals surface area (Å²) >= 11 is 1.45. The summed E-state index contributed by atoms with van der Waals surface area (Å²) in [4.78, 5) is 13.6. The van der Waals surface area contributed by atoms with Crippen molar-refractivity contribution in [2.75, 3.05) is 37.8 Å². The summed E-state index contributed by atoms with van der Waals surface area (Å²) < 4.78 is 100. The van der Waals surface area contributed by atoms with Gasteiger partial charge in [0.15, 0.2) is 0 Å². The number of piperidine rings is 1. The van der Waals surface area contributed by atoms with E-state index in [0.717, 1.165) is 43.0 Å². The van der Waals surface area contributed by atoms with E-state index in [0.29, 0.717) is 24.8 Å². The molecule has 1 atom stereocenters. The van der Waals surface area contributed by atoms with Gasteiger partial charge >= 0.3 is 5.51 Å². The Morgan fingerprint density at radius 3 is 2.20 bits per heavy atom. The Morgan fingerprint density at radius 2 is 1.60 bits per heavy atom. The fraction of sp³-hybridized carbons (Fsp3) is 0.367. The van der Waals surface area contributed by atoms with Crippen LogP contribution < -0.4 is 10.0 Å². The number of nitrogens with zero attached hydrogens (tertiary/aromatic N) is 1. The molecule has 45 heavy (non-hydrogen) atoms. The second-order valence-corrected chi connectivity index (χ2v) is 15.1. The van der Waals surface area contributed by atoms with Crippen LogP contribution in [-0.4, -0.2) is 77.8 Å². The van der Waals surface area contributed by atoms with Crippen LogP contribution in [0.5, 0.6) is 0 Å². The maximum absolute atomic E-state index is 13.9. The van der Waals surface area contributed by atoms with Gasteiger partial charge in [0, 0.05) is 49.0 Å². The van der Waals surface area contributed by atoms with Gasteiger partial charge in [-0.15, -0.1) is 11.8 Å². The van der Waals surface area contributed by atoms with Crippen LogP contribution >= 0.6 is 11.8 Å². The van der Waals surface area contributed by atoms with Crippen molar-refractivity contribution in [2.45, 2.75) is 51.6 Å². The normalized spacial score (nSPS) is 15.8. The van der Waals surface area contributed by atoms with Gasteiger partial charge in [-0.25, -0.2) is 21.6 Å². The third-order valence-corrected chi connectivity index (χ3v) is 11.4. The summed E-state index contributed by atoms with van der Waals surface area (Å²) in [5.41, 5.74) is -6.11. The molecule has 2 N–H and O–H groups in total. The molecule has 0 aliphatic carbocycles. The van der Waals surface area contributed by atoms with Gasteiger partial charge in [-0.1, -0.05) is 36.4 Å². The predicted octanol–water partition coefficient (Wildman–Crippen LogP) is 5.17. The molecule has 1 aliphatic heterocycles. The number of anilines is 1. The number of hydrogen-bond donors (Lipinski definition) is 2. The molecule has 1 fully saturated rings. The third kappa shape index (κ3) is 9.22. The van der Waals surface area contributed by atoms with E-state index in [-0.39, 0.29) is 11.7 Å². The summed E-state index contributed by atoms with van der Waals surface area (Å²) in [6.07, 6.45) is 2.33. The van der Waals surface area contributed by atoms with Crippen molar-refractivity contribution in [1.29, 1.82) is 0 Å². The van der Waals surface area contributed by atoms with Crippen LogP contribution in [-0.2, 0) is 24.6 Å². The van der Waals surface area contributed by atoms with E-state index in [2.05, 4.69) is 10.2 Å². The minimum Gasteiger partial charge on any atom is -0.381 e. The van der Waals surface area contributed by atoms with E-state index in [1.807, 2.05) is 30.3 Å². The number of rotatable bonds is 13. The highest BCUT2D eigenvalue weighted by molar-refractivity contribution is 7.99. The number of alkyl halides is 3. The van der Waals surface area contributed by atoms with Crippen LogP contribution in [0.4, 0.5) is 18.9 Å². The molecule has 1 aliphatic rings. The van der Waals surface area contributed by atoms with Crippen molar-refractivity contribution in [2.24, 2.45) is 0 Å². The van der Waals surface area contributed by atoms with E-state index >= 15 is 0 Å². The number of sulfonamides is 1. The minimum atomic E-state index is -6.00. The highest BCUT2D eigenvalue weighted by atomic mass is 32.2. The number of methoxy groups -OCH3 is 1. The second kappa shape index (κ2) is 15.0. The van der Waals surface area contributed by atoms with Gasteiger partial charge in [0.25, 0.3) is 25.8 Å². The number of likely N-dealkylation sites (tertiary alicyclic amines) is 1. The lowest BCUT2D eigenvalue weighted by Gasteiger charge is -2.32. The first-order chi connectivity index (χ1) is 21.3. The van der Waals surface area contributed by atoms with Gasteiger partial charge in [0.05, 0.1) is 16.7 Å². The molecule has 0 bridgehead atoms. The SMILES string of the molecule is COC1CCN(CCC(CSc2ccccc2)Nc2ccc(S(=O)(=O)NC(=O)c3ccccc3)cc2S(=O)(=O)C(F)(F)F)CC1. The van der Waals surface area contributed by atoms with Crippen molar-refractivity contribution >= 4 is 43.2 Å². The number of amides is 1. The molecule has 1 heterocycles. The maximum Gasteiger partial charge on any atom is 0.501 e. The Bertz CT molecular complexity index is 1650. The number of hydrogen-bond acceptors (Lipinski definition) is 9. The molecule has 9 nitrogen and oxygen atoms in total. The molecule has 1 saturated heterocycles. The molecule has 0 radical (unpaired) electrons. The smallest absolute Gasteiger partial charge is 0.381 e. The van der Waals surface area contributed by atoms with Crippen molar-refractivity contribution in [3.63, 3.8) is 0 Å². The fourth-order valence-electron chi connectivity index (χ4n) is 4.80. The van der Waals surface area contributed by atoms with E-state index in [4.69, 9.17) is 4.74 Å². The number of sulfone groups is 1. The highest BCUT2D eigenvalue weighted by Gasteiger charge is 2.48. The van der Waals surface area contributed by atoms with Crippen LogP contribution in [0, 0.1) is 0 Å². The molecule has 1 amide bonds. The summed E-state index contributed by atoms with van der Waals surface area (Å²) in [6.45, 7) is 2.17. The number of ether oxygens (including phenoxy) is 1. The van der Waals surface area contributed by atoms with Crippen molar-refractivity contribution in [3.8, 4) is 0 Å². The lowest BCUT2D eigenvalue weighted by molar-refractivity contribution is -0.0435. The van der Waals surface area contributed by atoms with Crippen molar-refractivity contribution in [3.05, 3.63) is 84.4 Å². The molecule has 244 valence electrons. The number of carbonyl (C=O) groups is 1. The molecular weight excluding hydrogens is 652 g/mol. The van der Waals surface area contributed by atoms with Gasteiger partial charge < -0.3 is 15.0 Å². The molecule has 3 aromatic carbocycles. The van der Waals surface area contributed by atoms with Gasteiger partial charge in [0.2, 0.25) is 0 Å². The number of benzene rings is 3. The molecular formula is C30H34F3N3O6S3. The van der Waals surface area contributed by atoms with Gasteiger partial charge in [0.1, 0.15) is 4.90 Å². The van der Waals surface area contributed by atoms with E-state index in [1.165, 1.54) is 36.0 Å². The summed E-state index contributed by atoms with van der Waals surface area (Å²) in [6, 6.07) is 18.6. The monoisotopic (exact) mass is 685 g/mol. The predicted molar refractivity (Wildman–Crippen MR) is 166 cm³/mol. The van der Waals surface area contributed by atoms with E-state index in [9.17, 15) is 34.8 Å². The molecule has 3 aromatic rings. The molecule has 1 unspecified atom stereocenters. The Labute approximate surface area is 265 Å². The largest absolute Gasteiger partial charge is 0.501 e. The topological polar surface area (TPSA) is 122 Å². The van der Waals surface area contributed by atoms with Gasteiger partial charge in [-0.05, 0) is 61.7 Å². The zero-order valence-corrected chi connectivity index (χ0v) is 26.8. The maximum atomic E-state index is 13.9. The number of carbonyl (C=O) groups excluding carboxylic acids is 1. The second-order valence-electron chi connectivity index (χ2n) is 10.4. The first kappa shape index (κ1) is 34.8. The molecule has 0 aromatic heterocycles. The zero-order valence-electron chi connectivity index (χ0n) is 24.4. The number of halogens is 3. The molecule has 15 heteroatoms. The zero-order chi connectivity index (χ0) is 32.7. The van der Waals surface area contributed by atoms with Crippen LogP contribution in [0.25, 0.3) is 0 Å². The fourth-order valence-corrected chi connectivity index (χ4v) is 7.82. The van der Waals surface area contributed by atoms with E-state index in [1.54, 1.807) is 17.9 Å². The Morgan fingerprint density at radius 1 is 0.978 bits per heavy atom. The summed E-state index contributed by atoms with van der Waals surface area (Å²) in [5, 5.41) is 2.97. The average molecular weight is 686 g/mol.